The van der Waals surface area contributed by atoms with Crippen LogP contribution < -0.4 is 5.32 Å². The maximum Gasteiger partial charge on any atom is 0.0101 e. The van der Waals surface area contributed by atoms with E-state index in [1.165, 1.54) is 6.42 Å². The molecule has 0 radical (unpaired) electrons. The van der Waals surface area contributed by atoms with Crippen LogP contribution in [0.2, 0.25) is 0 Å². The lowest BCUT2D eigenvalue weighted by Gasteiger charge is -2.15. The summed E-state index contributed by atoms with van der Waals surface area (Å²) in [5.74, 6) is 0.775. The van der Waals surface area contributed by atoms with E-state index in [2.05, 4.69) is 25.7 Å². The molecule has 0 saturated carbocycles. The fraction of sp³-hybridized carbons (Fsp3) is 0.778. The third-order valence-electron chi connectivity index (χ3n) is 1.62. The van der Waals surface area contributed by atoms with E-state index in [1.807, 2.05) is 13.1 Å². The highest BCUT2D eigenvalue weighted by atomic mass is 14.9. The molecule has 0 saturated heterocycles. The zero-order valence-corrected chi connectivity index (χ0v) is 7.35. The third kappa shape index (κ3) is 4.57. The zero-order valence-electron chi connectivity index (χ0n) is 7.35. The van der Waals surface area contributed by atoms with Crippen LogP contribution in [0.5, 0.6) is 0 Å². The van der Waals surface area contributed by atoms with Gasteiger partial charge in [-0.3, -0.25) is 0 Å². The van der Waals surface area contributed by atoms with E-state index < -0.39 is 0 Å². The standard InChI is InChI=1S/C9H19N/c1-5-6-9(10-4)7-8(2)3/h5,8-10H,1,6-7H2,2-4H3. The minimum Gasteiger partial charge on any atom is -0.317 e. The fourth-order valence-electron chi connectivity index (χ4n) is 1.10. The lowest BCUT2D eigenvalue weighted by Crippen LogP contribution is -2.25. The first-order valence-electron chi connectivity index (χ1n) is 3.98. The SMILES string of the molecule is C=CCC(CC(C)C)NC. The van der Waals surface area contributed by atoms with Crippen molar-refractivity contribution in [1.82, 2.24) is 5.32 Å². The molecule has 0 aliphatic carbocycles. The van der Waals surface area contributed by atoms with Crippen molar-refractivity contribution in [1.29, 1.82) is 0 Å². The monoisotopic (exact) mass is 141 g/mol. The molecule has 1 atom stereocenters. The molecule has 1 heteroatoms. The lowest BCUT2D eigenvalue weighted by atomic mass is 10.0. The summed E-state index contributed by atoms with van der Waals surface area (Å²) in [6, 6.07) is 0.623. The summed E-state index contributed by atoms with van der Waals surface area (Å²) < 4.78 is 0. The Balaban J connectivity index is 3.48. The van der Waals surface area contributed by atoms with E-state index in [-0.39, 0.29) is 0 Å². The molecule has 1 N–H and O–H groups in total. The normalized spacial score (nSPS) is 13.6. The van der Waals surface area contributed by atoms with Crippen molar-refractivity contribution in [3.8, 4) is 0 Å². The third-order valence-corrected chi connectivity index (χ3v) is 1.62. The molecule has 0 rings (SSSR count). The summed E-state index contributed by atoms with van der Waals surface area (Å²) in [6.07, 6.45) is 4.29. The second-order valence-electron chi connectivity index (χ2n) is 3.14. The van der Waals surface area contributed by atoms with Crippen LogP contribution in [0.4, 0.5) is 0 Å². The predicted molar refractivity (Wildman–Crippen MR) is 47.1 cm³/mol. The van der Waals surface area contributed by atoms with Crippen molar-refractivity contribution >= 4 is 0 Å². The van der Waals surface area contributed by atoms with Crippen LogP contribution in [-0.4, -0.2) is 13.1 Å². The van der Waals surface area contributed by atoms with Gasteiger partial charge in [-0.2, -0.15) is 0 Å². The van der Waals surface area contributed by atoms with Gasteiger partial charge in [-0.25, -0.2) is 0 Å². The summed E-state index contributed by atoms with van der Waals surface area (Å²) in [5, 5.41) is 3.26. The smallest absolute Gasteiger partial charge is 0.0101 e. The van der Waals surface area contributed by atoms with Gasteiger partial charge in [0.2, 0.25) is 0 Å². The summed E-state index contributed by atoms with van der Waals surface area (Å²) >= 11 is 0. The Morgan fingerprint density at radius 2 is 2.10 bits per heavy atom. The zero-order chi connectivity index (χ0) is 7.98. The van der Waals surface area contributed by atoms with Crippen LogP contribution in [-0.2, 0) is 0 Å². The highest BCUT2D eigenvalue weighted by molar-refractivity contribution is 4.77. The van der Waals surface area contributed by atoms with E-state index in [1.54, 1.807) is 0 Å². The molecule has 0 fully saturated rings. The average Bonchev–Trinajstić information content (AvgIpc) is 1.86. The maximum absolute atomic E-state index is 3.72. The second kappa shape index (κ2) is 5.48. The van der Waals surface area contributed by atoms with Crippen molar-refractivity contribution in [3.05, 3.63) is 12.7 Å². The van der Waals surface area contributed by atoms with Gasteiger partial charge >= 0.3 is 0 Å². The molecule has 0 heterocycles. The Morgan fingerprint density at radius 3 is 2.40 bits per heavy atom. The molecule has 0 amide bonds. The minimum atomic E-state index is 0.623. The van der Waals surface area contributed by atoms with Gasteiger partial charge in [-0.15, -0.1) is 6.58 Å². The number of rotatable bonds is 5. The van der Waals surface area contributed by atoms with Crippen LogP contribution in [0.25, 0.3) is 0 Å². The lowest BCUT2D eigenvalue weighted by molar-refractivity contribution is 0.446. The number of nitrogens with one attached hydrogen (secondary N) is 1. The van der Waals surface area contributed by atoms with Crippen molar-refractivity contribution in [2.45, 2.75) is 32.7 Å². The maximum atomic E-state index is 3.72. The van der Waals surface area contributed by atoms with Gasteiger partial charge in [-0.1, -0.05) is 19.9 Å². The molecule has 1 nitrogen and oxygen atoms in total. The fourth-order valence-corrected chi connectivity index (χ4v) is 1.10. The molecule has 0 bridgehead atoms. The van der Waals surface area contributed by atoms with Crippen LogP contribution in [0.15, 0.2) is 12.7 Å². The quantitative estimate of drug-likeness (QED) is 0.579. The van der Waals surface area contributed by atoms with Gasteiger partial charge in [-0.05, 0) is 25.8 Å². The largest absolute Gasteiger partial charge is 0.317 e. The molecule has 0 aromatic carbocycles. The van der Waals surface area contributed by atoms with Gasteiger partial charge in [0.1, 0.15) is 0 Å². The summed E-state index contributed by atoms with van der Waals surface area (Å²) in [6.45, 7) is 8.20. The molecule has 0 aromatic heterocycles. The van der Waals surface area contributed by atoms with Crippen LogP contribution >= 0.6 is 0 Å². The van der Waals surface area contributed by atoms with Crippen LogP contribution in [0.1, 0.15) is 26.7 Å². The van der Waals surface area contributed by atoms with E-state index in [9.17, 15) is 0 Å². The molecule has 0 aliphatic rings. The van der Waals surface area contributed by atoms with Crippen molar-refractivity contribution < 1.29 is 0 Å². The Bertz CT molecular complexity index is 86.7. The van der Waals surface area contributed by atoms with E-state index in [0.717, 1.165) is 12.3 Å². The van der Waals surface area contributed by atoms with Gasteiger partial charge in [0.05, 0.1) is 0 Å². The molecule has 0 aliphatic heterocycles. The molecular weight excluding hydrogens is 122 g/mol. The van der Waals surface area contributed by atoms with E-state index in [4.69, 9.17) is 0 Å². The highest BCUT2D eigenvalue weighted by Crippen LogP contribution is 2.07. The van der Waals surface area contributed by atoms with Crippen LogP contribution in [0, 0.1) is 5.92 Å². The van der Waals surface area contributed by atoms with Gasteiger partial charge in [0.15, 0.2) is 0 Å². The Kier molecular flexibility index (Phi) is 5.32. The second-order valence-corrected chi connectivity index (χ2v) is 3.14. The average molecular weight is 141 g/mol. The first kappa shape index (κ1) is 9.70. The molecule has 0 spiro atoms. The molecular formula is C9H19N. The summed E-state index contributed by atoms with van der Waals surface area (Å²) in [5.41, 5.74) is 0. The predicted octanol–water partition coefficient (Wildman–Crippen LogP) is 2.20. The first-order valence-corrected chi connectivity index (χ1v) is 3.98. The molecule has 10 heavy (non-hydrogen) atoms. The number of hydrogen-bond acceptors (Lipinski definition) is 1. The van der Waals surface area contributed by atoms with Crippen LogP contribution in [0.3, 0.4) is 0 Å². The van der Waals surface area contributed by atoms with E-state index in [0.29, 0.717) is 6.04 Å². The Hall–Kier alpha value is -0.300. The summed E-state index contributed by atoms with van der Waals surface area (Å²) in [7, 11) is 2.01. The summed E-state index contributed by atoms with van der Waals surface area (Å²) in [4.78, 5) is 0. The molecule has 60 valence electrons. The Morgan fingerprint density at radius 1 is 1.50 bits per heavy atom. The number of hydrogen-bond donors (Lipinski definition) is 1. The van der Waals surface area contributed by atoms with Gasteiger partial charge < -0.3 is 5.32 Å². The van der Waals surface area contributed by atoms with Crippen molar-refractivity contribution in [2.24, 2.45) is 5.92 Å². The first-order chi connectivity index (χ1) is 4.70. The Labute approximate surface area is 64.5 Å². The van der Waals surface area contributed by atoms with Crippen molar-refractivity contribution in [3.63, 3.8) is 0 Å². The van der Waals surface area contributed by atoms with Gasteiger partial charge in [0.25, 0.3) is 0 Å². The molecule has 1 unspecified atom stereocenters. The van der Waals surface area contributed by atoms with Crippen molar-refractivity contribution in [2.75, 3.05) is 7.05 Å². The van der Waals surface area contributed by atoms with Gasteiger partial charge in [0, 0.05) is 6.04 Å². The minimum absolute atomic E-state index is 0.623. The highest BCUT2D eigenvalue weighted by Gasteiger charge is 2.04. The topological polar surface area (TPSA) is 12.0 Å². The molecule has 0 aromatic rings. The van der Waals surface area contributed by atoms with E-state index >= 15 is 0 Å².